The van der Waals surface area contributed by atoms with Gasteiger partial charge in [0.05, 0.1) is 23.4 Å². The molecule has 4 aliphatic rings. The summed E-state index contributed by atoms with van der Waals surface area (Å²) in [7, 11) is 2.99. The summed E-state index contributed by atoms with van der Waals surface area (Å²) in [4.78, 5) is 53.0. The molecule has 2 amide bonds. The summed E-state index contributed by atoms with van der Waals surface area (Å²) in [6.07, 6.45) is 3.74. The highest BCUT2D eigenvalue weighted by Gasteiger charge is 2.55. The molecule has 1 saturated heterocycles. The quantitative estimate of drug-likeness (QED) is 0.383. The number of benzene rings is 1. The van der Waals surface area contributed by atoms with E-state index in [1.54, 1.807) is 12.1 Å². The second-order valence-electron chi connectivity index (χ2n) is 8.55. The van der Waals surface area contributed by atoms with Crippen molar-refractivity contribution >= 4 is 39.3 Å². The monoisotopic (exact) mass is 497 g/mol. The van der Waals surface area contributed by atoms with Crippen molar-refractivity contribution in [3.63, 3.8) is 0 Å². The number of phenols is 1. The number of rotatable bonds is 2. The van der Waals surface area contributed by atoms with Gasteiger partial charge in [0.25, 0.3) is 0 Å². The fourth-order valence-corrected chi connectivity index (χ4v) is 6.06. The van der Waals surface area contributed by atoms with E-state index >= 15 is 0 Å². The van der Waals surface area contributed by atoms with Gasteiger partial charge in [0.1, 0.15) is 11.5 Å². The normalized spacial score (nSPS) is 29.4. The molecular formula is C24H20BrNO6. The number of aromatic hydroxyl groups is 1. The number of imide groups is 1. The standard InChI is InChI=1S/C24H20BrNO6/c1-26-23(30)12-5-4-11-13(20(12)24(26)31)8-15-21(18(28)9-16(25)22(15)29)19(11)14-7-10(32-2)3-6-17(14)27/h3-4,6-7,9,12-13,19-20,27H,5,8H2,1-2H3. The third kappa shape index (κ3) is 2.78. The van der Waals surface area contributed by atoms with Crippen molar-refractivity contribution in [2.45, 2.75) is 18.8 Å². The zero-order valence-electron chi connectivity index (χ0n) is 17.4. The molecule has 1 fully saturated rings. The predicted octanol–water partition coefficient (Wildman–Crippen LogP) is 2.79. The number of carbonyl (C=O) groups is 4. The number of allylic oxidation sites excluding steroid dienone is 6. The van der Waals surface area contributed by atoms with Crippen LogP contribution < -0.4 is 4.74 Å². The highest BCUT2D eigenvalue weighted by molar-refractivity contribution is 9.12. The number of methoxy groups -OCH3 is 1. The molecule has 5 rings (SSSR count). The molecule has 3 aliphatic carbocycles. The van der Waals surface area contributed by atoms with Gasteiger partial charge in [-0.15, -0.1) is 0 Å². The van der Waals surface area contributed by atoms with Crippen LogP contribution in [0.25, 0.3) is 0 Å². The van der Waals surface area contributed by atoms with Gasteiger partial charge in [-0.25, -0.2) is 0 Å². The first-order valence-electron chi connectivity index (χ1n) is 10.3. The number of halogens is 1. The van der Waals surface area contributed by atoms with Gasteiger partial charge in [0.2, 0.25) is 11.8 Å². The van der Waals surface area contributed by atoms with Crippen molar-refractivity contribution < 1.29 is 29.0 Å². The van der Waals surface area contributed by atoms with Crippen molar-refractivity contribution in [1.29, 1.82) is 0 Å². The molecule has 0 aromatic heterocycles. The molecule has 0 spiro atoms. The topological polar surface area (TPSA) is 101 Å². The van der Waals surface area contributed by atoms with Crippen LogP contribution >= 0.6 is 15.9 Å². The van der Waals surface area contributed by atoms with Crippen molar-refractivity contribution in [3.05, 3.63) is 57.1 Å². The lowest BCUT2D eigenvalue weighted by Crippen LogP contribution is -2.39. The Labute approximate surface area is 192 Å². The van der Waals surface area contributed by atoms with Crippen LogP contribution in [0.3, 0.4) is 0 Å². The number of ketones is 2. The van der Waals surface area contributed by atoms with E-state index in [9.17, 15) is 24.3 Å². The van der Waals surface area contributed by atoms with Gasteiger partial charge in [-0.2, -0.15) is 0 Å². The van der Waals surface area contributed by atoms with Gasteiger partial charge in [-0.05, 0) is 52.9 Å². The molecule has 4 unspecified atom stereocenters. The maximum absolute atomic E-state index is 13.1. The predicted molar refractivity (Wildman–Crippen MR) is 117 cm³/mol. The first-order chi connectivity index (χ1) is 15.2. The van der Waals surface area contributed by atoms with Crippen LogP contribution in [0, 0.1) is 17.8 Å². The Kier molecular flexibility index (Phi) is 4.74. The van der Waals surface area contributed by atoms with Crippen LogP contribution in [0.1, 0.15) is 24.3 Å². The van der Waals surface area contributed by atoms with E-state index in [-0.39, 0.29) is 40.0 Å². The zero-order chi connectivity index (χ0) is 22.9. The minimum atomic E-state index is -0.707. The van der Waals surface area contributed by atoms with Crippen molar-refractivity contribution in [3.8, 4) is 11.5 Å². The molecule has 1 heterocycles. The number of phenolic OH excluding ortho intramolecular Hbond substituents is 1. The largest absolute Gasteiger partial charge is 0.508 e. The lowest BCUT2D eigenvalue weighted by Gasteiger charge is -2.42. The lowest BCUT2D eigenvalue weighted by molar-refractivity contribution is -0.138. The highest BCUT2D eigenvalue weighted by Crippen LogP contribution is 2.56. The first-order valence-corrected chi connectivity index (χ1v) is 11.1. The molecule has 0 bridgehead atoms. The van der Waals surface area contributed by atoms with Crippen molar-refractivity contribution in [2.75, 3.05) is 14.2 Å². The lowest BCUT2D eigenvalue weighted by atomic mass is 9.59. The number of amides is 2. The average Bonchev–Trinajstić information content (AvgIpc) is 3.00. The Morgan fingerprint density at radius 3 is 2.59 bits per heavy atom. The molecule has 1 N–H and O–H groups in total. The fraction of sp³-hybridized carbons (Fsp3) is 0.333. The van der Waals surface area contributed by atoms with Gasteiger partial charge in [0.15, 0.2) is 11.6 Å². The molecule has 1 aromatic rings. The molecule has 4 atom stereocenters. The van der Waals surface area contributed by atoms with Crippen LogP contribution in [0.2, 0.25) is 0 Å². The van der Waals surface area contributed by atoms with Gasteiger partial charge >= 0.3 is 0 Å². The van der Waals surface area contributed by atoms with Gasteiger partial charge in [0, 0.05) is 35.8 Å². The fourth-order valence-electron chi connectivity index (χ4n) is 5.61. The van der Waals surface area contributed by atoms with Gasteiger partial charge in [-0.1, -0.05) is 11.6 Å². The van der Waals surface area contributed by atoms with Crippen LogP contribution in [-0.2, 0) is 19.2 Å². The Balaban J connectivity index is 1.74. The minimum absolute atomic E-state index is 0.0360. The smallest absolute Gasteiger partial charge is 0.233 e. The van der Waals surface area contributed by atoms with Gasteiger partial charge in [-0.3, -0.25) is 24.1 Å². The Morgan fingerprint density at radius 1 is 1.12 bits per heavy atom. The summed E-state index contributed by atoms with van der Waals surface area (Å²) in [5.74, 6) is -2.84. The van der Waals surface area contributed by atoms with Crippen molar-refractivity contribution in [2.24, 2.45) is 17.8 Å². The SMILES string of the molecule is COc1ccc(O)c(C2C3=CCC4C(=O)N(C)C(=O)C4C3CC3=C2C(=O)C=C(Br)C3=O)c1. The molecule has 0 radical (unpaired) electrons. The van der Waals surface area contributed by atoms with Crippen LogP contribution in [0.5, 0.6) is 11.5 Å². The van der Waals surface area contributed by atoms with E-state index in [1.165, 1.54) is 26.3 Å². The summed E-state index contributed by atoms with van der Waals surface area (Å²) in [6.45, 7) is 0. The summed E-state index contributed by atoms with van der Waals surface area (Å²) < 4.78 is 5.50. The first kappa shape index (κ1) is 20.9. The molecule has 8 heteroatoms. The zero-order valence-corrected chi connectivity index (χ0v) is 19.0. The second kappa shape index (κ2) is 7.27. The number of likely N-dealkylation sites (tertiary alicyclic amines) is 1. The molecular weight excluding hydrogens is 478 g/mol. The number of hydrogen-bond acceptors (Lipinski definition) is 6. The maximum atomic E-state index is 13.1. The molecule has 1 aromatic carbocycles. The third-order valence-electron chi connectivity index (χ3n) is 7.10. The van der Waals surface area contributed by atoms with E-state index in [4.69, 9.17) is 4.74 Å². The minimum Gasteiger partial charge on any atom is -0.508 e. The number of fused-ring (bicyclic) bond motifs is 3. The summed E-state index contributed by atoms with van der Waals surface area (Å²) in [6, 6.07) is 4.75. The summed E-state index contributed by atoms with van der Waals surface area (Å²) in [5.41, 5.74) is 1.86. The second-order valence-corrected chi connectivity index (χ2v) is 9.41. The number of nitrogens with zero attached hydrogens (tertiary/aromatic N) is 1. The van der Waals surface area contributed by atoms with E-state index in [1.807, 2.05) is 6.08 Å². The molecule has 1 aliphatic heterocycles. The number of hydrogen-bond donors (Lipinski definition) is 1. The van der Waals surface area contributed by atoms with Crippen molar-refractivity contribution in [1.82, 2.24) is 4.90 Å². The van der Waals surface area contributed by atoms with E-state index in [2.05, 4.69) is 15.9 Å². The molecule has 32 heavy (non-hydrogen) atoms. The van der Waals surface area contributed by atoms with Crippen LogP contribution in [0.4, 0.5) is 0 Å². The summed E-state index contributed by atoms with van der Waals surface area (Å²) in [5, 5.41) is 10.7. The molecule has 0 saturated carbocycles. The molecule has 7 nitrogen and oxygen atoms in total. The van der Waals surface area contributed by atoms with Gasteiger partial charge < -0.3 is 9.84 Å². The summed E-state index contributed by atoms with van der Waals surface area (Å²) >= 11 is 3.19. The molecule has 164 valence electrons. The highest BCUT2D eigenvalue weighted by atomic mass is 79.9. The Bertz CT molecular complexity index is 1210. The third-order valence-corrected chi connectivity index (χ3v) is 7.69. The number of Topliss-reactive ketones (excluding diaryl/α,β-unsaturated/α-hetero) is 1. The van der Waals surface area contributed by atoms with E-state index in [0.29, 0.717) is 28.9 Å². The number of ether oxygens (including phenoxy) is 1. The Morgan fingerprint density at radius 2 is 1.88 bits per heavy atom. The maximum Gasteiger partial charge on any atom is 0.233 e. The Hall–Kier alpha value is -3.00. The van der Waals surface area contributed by atoms with E-state index < -0.39 is 23.7 Å². The van der Waals surface area contributed by atoms with E-state index in [0.717, 1.165) is 10.5 Å². The number of carbonyl (C=O) groups excluding carboxylic acids is 4. The van der Waals surface area contributed by atoms with Crippen LogP contribution in [-0.4, -0.2) is 47.5 Å². The van der Waals surface area contributed by atoms with Crippen LogP contribution in [0.15, 0.2) is 51.6 Å². The average molecular weight is 498 g/mol.